The molecule has 1 aromatic rings. The first-order valence-corrected chi connectivity index (χ1v) is 8.46. The summed E-state index contributed by atoms with van der Waals surface area (Å²) in [6.07, 6.45) is 1.88. The highest BCUT2D eigenvalue weighted by Gasteiger charge is 2.27. The summed E-state index contributed by atoms with van der Waals surface area (Å²) in [7, 11) is -3.23. The van der Waals surface area contributed by atoms with Crippen LogP contribution in [0.4, 0.5) is 5.69 Å². The van der Waals surface area contributed by atoms with E-state index in [1.165, 1.54) is 10.6 Å². The molecule has 110 valence electrons. The number of ether oxygens (including phenoxy) is 1. The van der Waals surface area contributed by atoms with Crippen molar-refractivity contribution >= 4 is 21.7 Å². The van der Waals surface area contributed by atoms with Crippen molar-refractivity contribution in [1.29, 1.82) is 0 Å². The maximum Gasteiger partial charge on any atom is 0.313 e. The Morgan fingerprint density at radius 3 is 2.75 bits per heavy atom. The molecule has 0 saturated heterocycles. The lowest BCUT2D eigenvalue weighted by molar-refractivity contribution is -0.144. The largest absolute Gasteiger partial charge is 0.466 e. The summed E-state index contributed by atoms with van der Waals surface area (Å²) < 4.78 is 29.7. The normalized spacial score (nSPS) is 15.8. The zero-order valence-electron chi connectivity index (χ0n) is 11.9. The van der Waals surface area contributed by atoms with Crippen molar-refractivity contribution in [3.63, 3.8) is 0 Å². The fraction of sp³-hybridized carbons (Fsp3) is 0.500. The van der Waals surface area contributed by atoms with Gasteiger partial charge >= 0.3 is 5.97 Å². The molecule has 2 rings (SSSR count). The predicted molar refractivity (Wildman–Crippen MR) is 77.4 cm³/mol. The van der Waals surface area contributed by atoms with Gasteiger partial charge in [0.05, 0.1) is 24.5 Å². The third-order valence-electron chi connectivity index (χ3n) is 3.50. The Balaban J connectivity index is 2.29. The topological polar surface area (TPSA) is 63.7 Å². The minimum absolute atomic E-state index is 0.259. The van der Waals surface area contributed by atoms with Gasteiger partial charge in [0.25, 0.3) is 0 Å². The first-order chi connectivity index (χ1) is 9.34. The molecule has 1 aliphatic rings. The predicted octanol–water partition coefficient (Wildman–Crippen LogP) is 1.68. The summed E-state index contributed by atoms with van der Waals surface area (Å²) in [4.78, 5) is 11.7. The minimum Gasteiger partial charge on any atom is -0.466 e. The second kappa shape index (κ2) is 5.44. The summed E-state index contributed by atoms with van der Waals surface area (Å²) in [6.45, 7) is 4.39. The lowest BCUT2D eigenvalue weighted by atomic mass is 9.98. The number of carbonyl (C=O) groups excluding carboxylic acids is 1. The van der Waals surface area contributed by atoms with Gasteiger partial charge in [0, 0.05) is 6.54 Å². The molecule has 0 unspecified atom stereocenters. The van der Waals surface area contributed by atoms with E-state index in [1.54, 1.807) is 26.0 Å². The molecular weight excluding hydrogens is 278 g/mol. The zero-order chi connectivity index (χ0) is 14.9. The van der Waals surface area contributed by atoms with E-state index in [2.05, 4.69) is 0 Å². The van der Waals surface area contributed by atoms with Crippen LogP contribution in [0.25, 0.3) is 0 Å². The van der Waals surface area contributed by atoms with Gasteiger partial charge in [-0.05, 0) is 37.5 Å². The van der Waals surface area contributed by atoms with Gasteiger partial charge in [-0.2, -0.15) is 0 Å². The van der Waals surface area contributed by atoms with E-state index in [0.717, 1.165) is 11.1 Å². The first-order valence-electron chi connectivity index (χ1n) is 6.61. The van der Waals surface area contributed by atoms with E-state index in [1.807, 2.05) is 6.07 Å². The molecule has 0 aromatic heterocycles. The fourth-order valence-corrected chi connectivity index (χ4v) is 3.37. The van der Waals surface area contributed by atoms with Crippen LogP contribution in [0.2, 0.25) is 0 Å². The Labute approximate surface area is 119 Å². The second-order valence-electron chi connectivity index (χ2n) is 4.95. The summed E-state index contributed by atoms with van der Waals surface area (Å²) >= 11 is 0. The van der Waals surface area contributed by atoms with Crippen molar-refractivity contribution in [3.8, 4) is 0 Å². The van der Waals surface area contributed by atoms with Crippen LogP contribution in [0.5, 0.6) is 0 Å². The van der Waals surface area contributed by atoms with Crippen molar-refractivity contribution in [3.05, 3.63) is 29.3 Å². The Hall–Kier alpha value is -1.56. The SMILES string of the molecule is CCOC(=O)[C@H](C)c1ccc2c(c1)CCN2S(C)(=O)=O. The van der Waals surface area contributed by atoms with Crippen LogP contribution in [0.3, 0.4) is 0 Å². The van der Waals surface area contributed by atoms with Gasteiger partial charge < -0.3 is 4.74 Å². The Morgan fingerprint density at radius 1 is 1.45 bits per heavy atom. The average molecular weight is 297 g/mol. The van der Waals surface area contributed by atoms with Crippen LogP contribution in [-0.4, -0.2) is 33.8 Å². The van der Waals surface area contributed by atoms with E-state index < -0.39 is 10.0 Å². The maximum absolute atomic E-state index is 11.7. The lowest BCUT2D eigenvalue weighted by Gasteiger charge is -2.17. The summed E-state index contributed by atoms with van der Waals surface area (Å²) in [6, 6.07) is 5.47. The Kier molecular flexibility index (Phi) is 4.04. The molecule has 5 nitrogen and oxygen atoms in total. The molecule has 0 saturated carbocycles. The van der Waals surface area contributed by atoms with Gasteiger partial charge in [-0.3, -0.25) is 9.10 Å². The van der Waals surface area contributed by atoms with Crippen molar-refractivity contribution < 1.29 is 17.9 Å². The number of carbonyl (C=O) groups is 1. The number of benzene rings is 1. The highest BCUT2D eigenvalue weighted by atomic mass is 32.2. The number of esters is 1. The number of fused-ring (bicyclic) bond motifs is 1. The van der Waals surface area contributed by atoms with Crippen molar-refractivity contribution in [2.45, 2.75) is 26.2 Å². The summed E-state index contributed by atoms with van der Waals surface area (Å²) in [5.41, 5.74) is 2.54. The second-order valence-corrected chi connectivity index (χ2v) is 6.85. The van der Waals surface area contributed by atoms with Gasteiger partial charge in [0.15, 0.2) is 0 Å². The lowest BCUT2D eigenvalue weighted by Crippen LogP contribution is -2.27. The molecule has 0 N–H and O–H groups in total. The van der Waals surface area contributed by atoms with Crippen LogP contribution in [0.1, 0.15) is 30.9 Å². The summed E-state index contributed by atoms with van der Waals surface area (Å²) in [5.74, 6) is -0.599. The highest BCUT2D eigenvalue weighted by Crippen LogP contribution is 2.32. The number of hydrogen-bond donors (Lipinski definition) is 0. The number of rotatable bonds is 4. The van der Waals surface area contributed by atoms with E-state index in [0.29, 0.717) is 25.3 Å². The average Bonchev–Trinajstić information content (AvgIpc) is 2.80. The number of sulfonamides is 1. The molecule has 1 aromatic carbocycles. The Bertz CT molecular complexity index is 624. The van der Waals surface area contributed by atoms with Gasteiger partial charge in [-0.15, -0.1) is 0 Å². The quantitative estimate of drug-likeness (QED) is 0.793. The minimum atomic E-state index is -3.23. The van der Waals surface area contributed by atoms with Crippen molar-refractivity contribution in [2.24, 2.45) is 0 Å². The third kappa shape index (κ3) is 2.80. The monoisotopic (exact) mass is 297 g/mol. The van der Waals surface area contributed by atoms with Crippen LogP contribution in [0, 0.1) is 0 Å². The van der Waals surface area contributed by atoms with Gasteiger partial charge in [0.1, 0.15) is 0 Å². The molecule has 0 bridgehead atoms. The third-order valence-corrected chi connectivity index (χ3v) is 4.68. The van der Waals surface area contributed by atoms with Crippen LogP contribution < -0.4 is 4.31 Å². The van der Waals surface area contributed by atoms with E-state index in [9.17, 15) is 13.2 Å². The molecule has 0 spiro atoms. The number of nitrogens with zero attached hydrogens (tertiary/aromatic N) is 1. The molecule has 0 fully saturated rings. The van der Waals surface area contributed by atoms with Gasteiger partial charge in [-0.1, -0.05) is 12.1 Å². The highest BCUT2D eigenvalue weighted by molar-refractivity contribution is 7.92. The van der Waals surface area contributed by atoms with Gasteiger partial charge in [0.2, 0.25) is 10.0 Å². The van der Waals surface area contributed by atoms with Crippen molar-refractivity contribution in [1.82, 2.24) is 0 Å². The summed E-state index contributed by atoms with van der Waals surface area (Å²) in [5, 5.41) is 0. The van der Waals surface area contributed by atoms with Crippen LogP contribution >= 0.6 is 0 Å². The first kappa shape index (κ1) is 14.8. The Morgan fingerprint density at radius 2 is 2.15 bits per heavy atom. The molecule has 1 heterocycles. The smallest absolute Gasteiger partial charge is 0.313 e. The van der Waals surface area contributed by atoms with Crippen molar-refractivity contribution in [2.75, 3.05) is 23.7 Å². The van der Waals surface area contributed by atoms with Crippen LogP contribution in [0.15, 0.2) is 18.2 Å². The van der Waals surface area contributed by atoms with E-state index >= 15 is 0 Å². The van der Waals surface area contributed by atoms with Crippen LogP contribution in [-0.2, 0) is 26.0 Å². The standard InChI is InChI=1S/C14H19NO4S/c1-4-19-14(16)10(2)11-5-6-13-12(9-11)7-8-15(13)20(3,17)18/h5-6,9-10H,4,7-8H2,1-3H3/t10-/m1/s1. The molecule has 0 aliphatic carbocycles. The number of anilines is 1. The van der Waals surface area contributed by atoms with E-state index in [4.69, 9.17) is 4.74 Å². The zero-order valence-corrected chi connectivity index (χ0v) is 12.7. The fourth-order valence-electron chi connectivity index (χ4n) is 2.41. The molecule has 6 heteroatoms. The molecule has 20 heavy (non-hydrogen) atoms. The maximum atomic E-state index is 11.7. The van der Waals surface area contributed by atoms with E-state index in [-0.39, 0.29) is 11.9 Å². The number of hydrogen-bond acceptors (Lipinski definition) is 4. The van der Waals surface area contributed by atoms with Gasteiger partial charge in [-0.25, -0.2) is 8.42 Å². The molecule has 1 aliphatic heterocycles. The molecule has 0 amide bonds. The molecule has 0 radical (unpaired) electrons. The molecule has 1 atom stereocenters. The molecular formula is C14H19NO4S.